The van der Waals surface area contributed by atoms with Crippen LogP contribution in [0.4, 0.5) is 0 Å². The Bertz CT molecular complexity index is 275. The lowest BCUT2D eigenvalue weighted by atomic mass is 9.85. The van der Waals surface area contributed by atoms with Crippen molar-refractivity contribution in [3.05, 3.63) is 0 Å². The first kappa shape index (κ1) is 17.9. The van der Waals surface area contributed by atoms with Crippen molar-refractivity contribution in [2.24, 2.45) is 5.41 Å². The molecule has 0 bridgehead atoms. The molecule has 0 aromatic rings. The lowest BCUT2D eigenvalue weighted by Crippen LogP contribution is -2.30. The smallest absolute Gasteiger partial charge is 0.303 e. The molecular weight excluding hydrogens is 242 g/mol. The number of aliphatic carboxylic acids is 1. The number of carboxylic acids is 1. The van der Waals surface area contributed by atoms with E-state index < -0.39 is 11.4 Å². The van der Waals surface area contributed by atoms with Crippen molar-refractivity contribution < 1.29 is 14.7 Å². The summed E-state index contributed by atoms with van der Waals surface area (Å²) in [6, 6.07) is 0. The molecule has 0 saturated heterocycles. The zero-order valence-corrected chi connectivity index (χ0v) is 12.6. The summed E-state index contributed by atoms with van der Waals surface area (Å²) in [6.07, 6.45) is 7.50. The van der Waals surface area contributed by atoms with Crippen LogP contribution < -0.4 is 5.32 Å². The third-order valence-electron chi connectivity index (χ3n) is 3.12. The van der Waals surface area contributed by atoms with Gasteiger partial charge in [-0.3, -0.25) is 9.59 Å². The third kappa shape index (κ3) is 11.7. The number of hydrogen-bond acceptors (Lipinski definition) is 2. The molecule has 4 nitrogen and oxygen atoms in total. The van der Waals surface area contributed by atoms with Crippen LogP contribution in [0.5, 0.6) is 0 Å². The van der Waals surface area contributed by atoms with Crippen LogP contribution in [-0.2, 0) is 9.59 Å². The standard InChI is InChI=1S/C15H29NO3/c1-4-5-6-7-8-9-10-16-13(17)11-15(2,3)12-14(18)19/h4-12H2,1-3H3,(H,16,17)(H,18,19). The summed E-state index contributed by atoms with van der Waals surface area (Å²) in [5.74, 6) is -0.895. The monoisotopic (exact) mass is 271 g/mol. The van der Waals surface area contributed by atoms with Crippen LogP contribution in [0.25, 0.3) is 0 Å². The van der Waals surface area contributed by atoms with Crippen LogP contribution in [0.15, 0.2) is 0 Å². The second kappa shape index (κ2) is 9.82. The predicted octanol–water partition coefficient (Wildman–Crippen LogP) is 3.35. The number of amides is 1. The van der Waals surface area contributed by atoms with Gasteiger partial charge >= 0.3 is 5.97 Å². The van der Waals surface area contributed by atoms with Crippen molar-refractivity contribution >= 4 is 11.9 Å². The highest BCUT2D eigenvalue weighted by Crippen LogP contribution is 2.24. The summed E-state index contributed by atoms with van der Waals surface area (Å²) in [5.41, 5.74) is -0.475. The van der Waals surface area contributed by atoms with Gasteiger partial charge in [-0.15, -0.1) is 0 Å². The van der Waals surface area contributed by atoms with Gasteiger partial charge < -0.3 is 10.4 Å². The summed E-state index contributed by atoms with van der Waals surface area (Å²) in [4.78, 5) is 22.3. The Morgan fingerprint density at radius 2 is 1.58 bits per heavy atom. The van der Waals surface area contributed by atoms with E-state index in [2.05, 4.69) is 12.2 Å². The van der Waals surface area contributed by atoms with E-state index in [1.54, 1.807) is 0 Å². The molecule has 0 radical (unpaired) electrons. The highest BCUT2D eigenvalue weighted by Gasteiger charge is 2.24. The van der Waals surface area contributed by atoms with E-state index >= 15 is 0 Å². The Balaban J connectivity index is 3.61. The Morgan fingerprint density at radius 1 is 1.00 bits per heavy atom. The van der Waals surface area contributed by atoms with Gasteiger partial charge in [0.2, 0.25) is 5.91 Å². The number of hydrogen-bond donors (Lipinski definition) is 2. The third-order valence-corrected chi connectivity index (χ3v) is 3.12. The van der Waals surface area contributed by atoms with E-state index in [9.17, 15) is 9.59 Å². The normalized spacial score (nSPS) is 11.3. The van der Waals surface area contributed by atoms with Crippen LogP contribution in [0, 0.1) is 5.41 Å². The van der Waals surface area contributed by atoms with Crippen molar-refractivity contribution in [3.8, 4) is 0 Å². The SMILES string of the molecule is CCCCCCCCNC(=O)CC(C)(C)CC(=O)O. The molecule has 0 rings (SSSR count). The Kier molecular flexibility index (Phi) is 9.27. The molecule has 1 amide bonds. The highest BCUT2D eigenvalue weighted by molar-refractivity contribution is 5.77. The second-order valence-corrected chi connectivity index (χ2v) is 6.03. The van der Waals surface area contributed by atoms with E-state index in [4.69, 9.17) is 5.11 Å². The molecule has 2 N–H and O–H groups in total. The summed E-state index contributed by atoms with van der Waals surface area (Å²) >= 11 is 0. The molecule has 0 atom stereocenters. The summed E-state index contributed by atoms with van der Waals surface area (Å²) in [5, 5.41) is 11.6. The predicted molar refractivity (Wildman–Crippen MR) is 77.0 cm³/mol. The minimum atomic E-state index is -0.853. The number of unbranched alkanes of at least 4 members (excludes halogenated alkanes) is 5. The highest BCUT2D eigenvalue weighted by atomic mass is 16.4. The van der Waals surface area contributed by atoms with E-state index in [0.29, 0.717) is 6.54 Å². The molecule has 4 heteroatoms. The first-order valence-corrected chi connectivity index (χ1v) is 7.36. The molecule has 19 heavy (non-hydrogen) atoms. The van der Waals surface area contributed by atoms with Gasteiger partial charge in [0, 0.05) is 13.0 Å². The number of carboxylic acid groups (broad SMARTS) is 1. The Hall–Kier alpha value is -1.06. The van der Waals surface area contributed by atoms with Crippen LogP contribution >= 0.6 is 0 Å². The van der Waals surface area contributed by atoms with E-state index in [1.807, 2.05) is 13.8 Å². The van der Waals surface area contributed by atoms with Gasteiger partial charge in [-0.25, -0.2) is 0 Å². The number of rotatable bonds is 11. The molecular formula is C15H29NO3. The maximum absolute atomic E-state index is 11.7. The van der Waals surface area contributed by atoms with Crippen molar-refractivity contribution in [2.75, 3.05) is 6.54 Å². The number of carbonyl (C=O) groups is 2. The second-order valence-electron chi connectivity index (χ2n) is 6.03. The quantitative estimate of drug-likeness (QED) is 0.566. The number of carbonyl (C=O) groups excluding carboxylic acids is 1. The molecule has 0 saturated carbocycles. The average molecular weight is 271 g/mol. The fraction of sp³-hybridized carbons (Fsp3) is 0.867. The van der Waals surface area contributed by atoms with Gasteiger partial charge in [0.15, 0.2) is 0 Å². The van der Waals surface area contributed by atoms with Gasteiger partial charge in [0.25, 0.3) is 0 Å². The Morgan fingerprint density at radius 3 is 2.16 bits per heavy atom. The van der Waals surface area contributed by atoms with Gasteiger partial charge in [-0.05, 0) is 11.8 Å². The Labute approximate surface area is 117 Å². The summed E-state index contributed by atoms with van der Waals surface area (Å²) < 4.78 is 0. The molecule has 0 fully saturated rings. The van der Waals surface area contributed by atoms with Gasteiger partial charge in [0.05, 0.1) is 6.42 Å². The average Bonchev–Trinajstić information content (AvgIpc) is 2.25. The lowest BCUT2D eigenvalue weighted by molar-refractivity contribution is -0.139. The molecule has 0 aromatic heterocycles. The molecule has 0 aromatic carbocycles. The molecule has 0 spiro atoms. The van der Waals surface area contributed by atoms with Crippen LogP contribution in [-0.4, -0.2) is 23.5 Å². The van der Waals surface area contributed by atoms with E-state index in [-0.39, 0.29) is 18.7 Å². The van der Waals surface area contributed by atoms with Crippen molar-refractivity contribution in [3.63, 3.8) is 0 Å². The van der Waals surface area contributed by atoms with Gasteiger partial charge in [-0.2, -0.15) is 0 Å². The maximum Gasteiger partial charge on any atom is 0.303 e. The molecule has 0 aliphatic carbocycles. The fourth-order valence-electron chi connectivity index (χ4n) is 2.10. The van der Waals surface area contributed by atoms with E-state index in [0.717, 1.165) is 12.8 Å². The fourth-order valence-corrected chi connectivity index (χ4v) is 2.10. The first-order chi connectivity index (χ1) is 8.87. The minimum absolute atomic E-state index is 0.0252. The lowest BCUT2D eigenvalue weighted by Gasteiger charge is -2.21. The molecule has 0 unspecified atom stereocenters. The largest absolute Gasteiger partial charge is 0.481 e. The summed E-state index contributed by atoms with van der Waals surface area (Å²) in [7, 11) is 0. The summed E-state index contributed by atoms with van der Waals surface area (Å²) in [6.45, 7) is 6.52. The van der Waals surface area contributed by atoms with Crippen LogP contribution in [0.2, 0.25) is 0 Å². The topological polar surface area (TPSA) is 66.4 Å². The van der Waals surface area contributed by atoms with Crippen LogP contribution in [0.3, 0.4) is 0 Å². The van der Waals surface area contributed by atoms with Crippen molar-refractivity contribution in [1.29, 1.82) is 0 Å². The maximum atomic E-state index is 11.7. The first-order valence-electron chi connectivity index (χ1n) is 7.36. The number of nitrogens with one attached hydrogen (secondary N) is 1. The molecule has 112 valence electrons. The van der Waals surface area contributed by atoms with Crippen LogP contribution in [0.1, 0.15) is 72.1 Å². The molecule has 0 heterocycles. The zero-order chi connectivity index (χ0) is 14.7. The molecule has 0 aliphatic rings. The zero-order valence-electron chi connectivity index (χ0n) is 12.6. The van der Waals surface area contributed by atoms with E-state index in [1.165, 1.54) is 25.7 Å². The minimum Gasteiger partial charge on any atom is -0.481 e. The van der Waals surface area contributed by atoms with Gasteiger partial charge in [-0.1, -0.05) is 52.9 Å². The van der Waals surface area contributed by atoms with Crippen molar-refractivity contribution in [1.82, 2.24) is 5.32 Å². The van der Waals surface area contributed by atoms with Crippen molar-refractivity contribution in [2.45, 2.75) is 72.1 Å². The van der Waals surface area contributed by atoms with Gasteiger partial charge in [0.1, 0.15) is 0 Å². The molecule has 0 aliphatic heterocycles.